The number of carbonyl (C=O) groups is 1. The fourth-order valence-electron chi connectivity index (χ4n) is 1.15. The fraction of sp³-hybridized carbons (Fsp3) is 0.889. The maximum Gasteiger partial charge on any atom is 1.00 e. The molecule has 96 valence electrons. The Hall–Kier alpha value is 0.730. The molecule has 0 N–H and O–H groups in total. The van der Waals surface area contributed by atoms with Gasteiger partial charge in [-0.25, -0.2) is 13.2 Å². The van der Waals surface area contributed by atoms with Crippen molar-refractivity contribution in [2.24, 2.45) is 0 Å². The number of unbranched alkanes of at least 4 members (excludes halogenated alkanes) is 5. The van der Waals surface area contributed by atoms with Crippen LogP contribution in [0.3, 0.4) is 0 Å². The fourth-order valence-corrected chi connectivity index (χ4v) is 2.09. The van der Waals surface area contributed by atoms with Gasteiger partial charge in [0.2, 0.25) is 0 Å². The Kier molecular flexibility index (Phi) is 13.9. The number of hydrogen-bond donors (Lipinski definition) is 0. The van der Waals surface area contributed by atoms with E-state index in [1.807, 2.05) is 0 Å². The monoisotopic (exact) mass is 292 g/mol. The summed E-state index contributed by atoms with van der Waals surface area (Å²) in [5, 5.41) is -1.04. The molecular formula is C9H17NaO5S2. The van der Waals surface area contributed by atoms with Crippen molar-refractivity contribution in [3.8, 4) is 0 Å². The van der Waals surface area contributed by atoms with Crippen molar-refractivity contribution in [1.29, 1.82) is 0 Å². The molecule has 0 aliphatic heterocycles. The van der Waals surface area contributed by atoms with Crippen molar-refractivity contribution in [1.82, 2.24) is 0 Å². The van der Waals surface area contributed by atoms with Crippen LogP contribution in [-0.2, 0) is 13.9 Å². The van der Waals surface area contributed by atoms with E-state index in [2.05, 4.69) is 11.7 Å². The molecule has 0 bridgehead atoms. The molecule has 0 amide bonds. The Labute approximate surface area is 128 Å². The van der Waals surface area contributed by atoms with Crippen LogP contribution in [0, 0.1) is 0 Å². The van der Waals surface area contributed by atoms with Crippen LogP contribution in [0.15, 0.2) is 0 Å². The first kappa shape index (κ1) is 20.1. The first-order chi connectivity index (χ1) is 7.45. The second kappa shape index (κ2) is 11.8. The van der Waals surface area contributed by atoms with Gasteiger partial charge in [-0.3, -0.25) is 0 Å². The van der Waals surface area contributed by atoms with E-state index in [4.69, 9.17) is 0 Å². The zero-order valence-electron chi connectivity index (χ0n) is 10.3. The normalized spacial score (nSPS) is 10.7. The molecule has 8 heteroatoms. The zero-order valence-corrected chi connectivity index (χ0v) is 13.9. The topological polar surface area (TPSA) is 83.5 Å². The van der Waals surface area contributed by atoms with Crippen LogP contribution in [-0.4, -0.2) is 24.9 Å². The standard InChI is InChI=1S/C9H18O5S2.Na/c1-2-3-4-5-6-7-8-14-9(10)15-16(11,12)13;/h2-8H2,1H3,(H,11,12,13);/q;+1/p-1. The van der Waals surface area contributed by atoms with Gasteiger partial charge in [0.25, 0.3) is 0 Å². The summed E-state index contributed by atoms with van der Waals surface area (Å²) >= 11 is 0. The first-order valence-corrected chi connectivity index (χ1v) is 8.02. The summed E-state index contributed by atoms with van der Waals surface area (Å²) in [6.45, 7) is 2.30. The molecule has 0 aromatic rings. The summed E-state index contributed by atoms with van der Waals surface area (Å²) in [6, 6.07) is 0. The van der Waals surface area contributed by atoms with Crippen molar-refractivity contribution in [2.45, 2.75) is 45.4 Å². The van der Waals surface area contributed by atoms with Crippen molar-refractivity contribution >= 4 is 25.2 Å². The summed E-state index contributed by atoms with van der Waals surface area (Å²) < 4.78 is 35.0. The van der Waals surface area contributed by atoms with E-state index < -0.39 is 14.5 Å². The van der Waals surface area contributed by atoms with E-state index in [1.165, 1.54) is 12.8 Å². The van der Waals surface area contributed by atoms with Gasteiger partial charge in [0.05, 0.1) is 17.4 Å². The van der Waals surface area contributed by atoms with Gasteiger partial charge in [0, 0.05) is 0 Å². The molecule has 0 radical (unpaired) electrons. The second-order valence-corrected chi connectivity index (χ2v) is 6.40. The third-order valence-electron chi connectivity index (χ3n) is 1.89. The molecule has 0 saturated heterocycles. The Morgan fingerprint density at radius 1 is 1.18 bits per heavy atom. The maximum atomic E-state index is 10.8. The predicted octanol–water partition coefficient (Wildman–Crippen LogP) is -0.319. The van der Waals surface area contributed by atoms with E-state index >= 15 is 0 Å². The molecule has 0 aromatic carbocycles. The summed E-state index contributed by atoms with van der Waals surface area (Å²) in [5.41, 5.74) is 0. The van der Waals surface area contributed by atoms with Crippen LogP contribution in [0.5, 0.6) is 0 Å². The van der Waals surface area contributed by atoms with Crippen molar-refractivity contribution in [2.75, 3.05) is 6.61 Å². The van der Waals surface area contributed by atoms with Crippen LogP contribution in [0.4, 0.5) is 4.79 Å². The van der Waals surface area contributed by atoms with Crippen molar-refractivity contribution in [3.05, 3.63) is 0 Å². The number of ether oxygens (including phenoxy) is 1. The molecule has 0 atom stereocenters. The van der Waals surface area contributed by atoms with Gasteiger partial charge in [-0.15, -0.1) is 0 Å². The van der Waals surface area contributed by atoms with Gasteiger partial charge >= 0.3 is 34.9 Å². The average Bonchev–Trinajstić information content (AvgIpc) is 2.13. The molecule has 0 aliphatic rings. The molecule has 0 heterocycles. The molecule has 0 aliphatic carbocycles. The quantitative estimate of drug-likeness (QED) is 0.200. The smallest absolute Gasteiger partial charge is 0.739 e. The molecule has 17 heavy (non-hydrogen) atoms. The van der Waals surface area contributed by atoms with E-state index in [0.717, 1.165) is 19.3 Å². The molecule has 0 spiro atoms. The van der Waals surface area contributed by atoms with Crippen LogP contribution >= 0.6 is 10.8 Å². The van der Waals surface area contributed by atoms with Crippen LogP contribution < -0.4 is 29.6 Å². The number of hydrogen-bond acceptors (Lipinski definition) is 6. The number of rotatable bonds is 8. The minimum absolute atomic E-state index is 0. The van der Waals surface area contributed by atoms with Gasteiger partial charge in [-0.2, -0.15) is 0 Å². The summed E-state index contributed by atoms with van der Waals surface area (Å²) in [5.74, 6) is 0. The first-order valence-electron chi connectivity index (χ1n) is 5.27. The molecular weight excluding hydrogens is 275 g/mol. The van der Waals surface area contributed by atoms with Gasteiger partial charge in [0.1, 0.15) is 0 Å². The SMILES string of the molecule is CCCCCCCCOC(=O)SS(=O)(=O)[O-].[Na+]. The average molecular weight is 292 g/mol. The Bertz CT molecular complexity index is 292. The zero-order chi connectivity index (χ0) is 12.4. The minimum atomic E-state index is -4.59. The van der Waals surface area contributed by atoms with E-state index in [-0.39, 0.29) is 47.0 Å². The summed E-state index contributed by atoms with van der Waals surface area (Å²) in [6.07, 6.45) is 6.26. The van der Waals surface area contributed by atoms with Crippen LogP contribution in [0.2, 0.25) is 0 Å². The predicted molar refractivity (Wildman–Crippen MR) is 62.0 cm³/mol. The second-order valence-electron chi connectivity index (χ2n) is 3.36. The Balaban J connectivity index is 0. The maximum absolute atomic E-state index is 10.8. The molecule has 0 saturated carbocycles. The molecule has 0 unspecified atom stereocenters. The van der Waals surface area contributed by atoms with Crippen LogP contribution in [0.25, 0.3) is 0 Å². The van der Waals surface area contributed by atoms with Gasteiger partial charge in [-0.1, -0.05) is 39.0 Å². The van der Waals surface area contributed by atoms with Gasteiger partial charge in [-0.05, 0) is 6.42 Å². The van der Waals surface area contributed by atoms with E-state index in [0.29, 0.717) is 6.42 Å². The minimum Gasteiger partial charge on any atom is -0.739 e. The molecule has 0 rings (SSSR count). The van der Waals surface area contributed by atoms with Crippen LogP contribution in [0.1, 0.15) is 45.4 Å². The Morgan fingerprint density at radius 2 is 1.71 bits per heavy atom. The largest absolute Gasteiger partial charge is 1.00 e. The van der Waals surface area contributed by atoms with Crippen molar-refractivity contribution in [3.63, 3.8) is 0 Å². The molecule has 5 nitrogen and oxygen atoms in total. The number of carbonyl (C=O) groups excluding carboxylic acids is 1. The third kappa shape index (κ3) is 16.7. The van der Waals surface area contributed by atoms with Gasteiger partial charge in [0.15, 0.2) is 9.15 Å². The van der Waals surface area contributed by atoms with E-state index in [1.54, 1.807) is 0 Å². The summed E-state index contributed by atoms with van der Waals surface area (Å²) in [4.78, 5) is 10.8. The van der Waals surface area contributed by atoms with Gasteiger partial charge < -0.3 is 9.29 Å². The molecule has 0 fully saturated rings. The Morgan fingerprint density at radius 3 is 2.24 bits per heavy atom. The van der Waals surface area contributed by atoms with Crippen molar-refractivity contribution < 1.29 is 52.1 Å². The molecule has 0 aromatic heterocycles. The third-order valence-corrected chi connectivity index (χ3v) is 3.37. The summed E-state index contributed by atoms with van der Waals surface area (Å²) in [7, 11) is -4.90. The van der Waals surface area contributed by atoms with E-state index in [9.17, 15) is 17.8 Å².